The van der Waals surface area contributed by atoms with Gasteiger partial charge in [0.1, 0.15) is 5.60 Å². The van der Waals surface area contributed by atoms with Gasteiger partial charge in [0.2, 0.25) is 0 Å². The Morgan fingerprint density at radius 3 is 2.50 bits per heavy atom. The predicted octanol–water partition coefficient (Wildman–Crippen LogP) is 3.63. The molecule has 0 unspecified atom stereocenters. The summed E-state index contributed by atoms with van der Waals surface area (Å²) in [5.74, 6) is -0.371. The quantitative estimate of drug-likeness (QED) is 0.854. The van der Waals surface area contributed by atoms with Crippen LogP contribution in [0.1, 0.15) is 45.1 Å². The maximum absolute atomic E-state index is 12.6. The van der Waals surface area contributed by atoms with Crippen molar-refractivity contribution < 1.29 is 9.53 Å². The summed E-state index contributed by atoms with van der Waals surface area (Å²) in [5.41, 5.74) is 0.561. The minimum Gasteiger partial charge on any atom is -0.459 e. The summed E-state index contributed by atoms with van der Waals surface area (Å²) in [7, 11) is 0. The molecule has 1 N–H and O–H groups in total. The first-order chi connectivity index (χ1) is 9.37. The van der Waals surface area contributed by atoms with Crippen molar-refractivity contribution >= 4 is 21.9 Å². The molecule has 1 saturated heterocycles. The van der Waals surface area contributed by atoms with Crippen molar-refractivity contribution in [2.75, 3.05) is 6.54 Å². The number of ether oxygens (including phenoxy) is 1. The summed E-state index contributed by atoms with van der Waals surface area (Å²) in [6.45, 7) is 6.70. The van der Waals surface area contributed by atoms with Crippen LogP contribution >= 0.6 is 15.9 Å². The molecule has 3 nitrogen and oxygen atoms in total. The van der Waals surface area contributed by atoms with E-state index in [0.717, 1.165) is 29.4 Å². The van der Waals surface area contributed by atoms with Crippen molar-refractivity contribution in [1.29, 1.82) is 0 Å². The van der Waals surface area contributed by atoms with E-state index >= 15 is 0 Å². The zero-order valence-electron chi connectivity index (χ0n) is 12.3. The molecule has 0 saturated carbocycles. The van der Waals surface area contributed by atoms with Gasteiger partial charge >= 0.3 is 5.97 Å². The SMILES string of the molecule is CC(C)(C)OC(=O)[C@H](c1ccc(Br)cc1)[C@@H]1CCCN1. The second-order valence-electron chi connectivity index (χ2n) is 6.27. The van der Waals surface area contributed by atoms with Crippen molar-refractivity contribution in [3.8, 4) is 0 Å². The Morgan fingerprint density at radius 2 is 2.00 bits per heavy atom. The number of hydrogen-bond donors (Lipinski definition) is 1. The van der Waals surface area contributed by atoms with Gasteiger partial charge in [-0.1, -0.05) is 28.1 Å². The third-order valence-corrected chi connectivity index (χ3v) is 3.92. The Hall–Kier alpha value is -0.870. The summed E-state index contributed by atoms with van der Waals surface area (Å²) in [6.07, 6.45) is 2.13. The van der Waals surface area contributed by atoms with E-state index in [-0.39, 0.29) is 17.9 Å². The number of halogens is 1. The lowest BCUT2D eigenvalue weighted by molar-refractivity contribution is -0.157. The fourth-order valence-corrected chi connectivity index (χ4v) is 2.83. The van der Waals surface area contributed by atoms with E-state index in [1.165, 1.54) is 0 Å². The lowest BCUT2D eigenvalue weighted by Gasteiger charge is -2.27. The van der Waals surface area contributed by atoms with Crippen molar-refractivity contribution in [2.24, 2.45) is 0 Å². The van der Waals surface area contributed by atoms with Crippen LogP contribution in [-0.2, 0) is 9.53 Å². The van der Waals surface area contributed by atoms with E-state index in [1.807, 2.05) is 45.0 Å². The van der Waals surface area contributed by atoms with Gasteiger partial charge in [-0.15, -0.1) is 0 Å². The Bertz CT molecular complexity index is 458. The molecule has 1 aliphatic heterocycles. The van der Waals surface area contributed by atoms with Gasteiger partial charge in [0.05, 0.1) is 5.92 Å². The van der Waals surface area contributed by atoms with E-state index in [0.29, 0.717) is 0 Å². The van der Waals surface area contributed by atoms with Crippen LogP contribution in [0, 0.1) is 0 Å². The lowest BCUT2D eigenvalue weighted by atomic mass is 9.90. The minimum absolute atomic E-state index is 0.140. The number of carbonyl (C=O) groups is 1. The largest absolute Gasteiger partial charge is 0.459 e. The van der Waals surface area contributed by atoms with E-state index in [1.54, 1.807) is 0 Å². The highest BCUT2D eigenvalue weighted by atomic mass is 79.9. The van der Waals surface area contributed by atoms with Crippen LogP contribution in [0.4, 0.5) is 0 Å². The minimum atomic E-state index is -0.455. The molecule has 0 amide bonds. The molecule has 20 heavy (non-hydrogen) atoms. The molecular weight excluding hydrogens is 318 g/mol. The fourth-order valence-electron chi connectivity index (χ4n) is 2.56. The molecule has 2 rings (SSSR count). The molecule has 0 radical (unpaired) electrons. The van der Waals surface area contributed by atoms with Gasteiger partial charge < -0.3 is 10.1 Å². The topological polar surface area (TPSA) is 38.3 Å². The molecule has 0 aromatic heterocycles. The van der Waals surface area contributed by atoms with Crippen LogP contribution in [0.3, 0.4) is 0 Å². The highest BCUT2D eigenvalue weighted by Gasteiger charge is 2.34. The van der Waals surface area contributed by atoms with Crippen molar-refractivity contribution in [3.63, 3.8) is 0 Å². The van der Waals surface area contributed by atoms with Gasteiger partial charge in [0, 0.05) is 10.5 Å². The van der Waals surface area contributed by atoms with Gasteiger partial charge in [-0.3, -0.25) is 4.79 Å². The molecule has 110 valence electrons. The van der Waals surface area contributed by atoms with E-state index in [2.05, 4.69) is 21.2 Å². The van der Waals surface area contributed by atoms with E-state index < -0.39 is 5.60 Å². The number of carbonyl (C=O) groups excluding carboxylic acids is 1. The fraction of sp³-hybridized carbons (Fsp3) is 0.562. The first-order valence-electron chi connectivity index (χ1n) is 7.08. The summed E-state index contributed by atoms with van der Waals surface area (Å²) in [6, 6.07) is 8.12. The van der Waals surface area contributed by atoms with Crippen LogP contribution in [0.25, 0.3) is 0 Å². The molecule has 0 spiro atoms. The van der Waals surface area contributed by atoms with Crippen LogP contribution in [-0.4, -0.2) is 24.2 Å². The number of esters is 1. The Balaban J connectivity index is 2.24. The molecule has 1 aliphatic rings. The van der Waals surface area contributed by atoms with Crippen LogP contribution in [0.15, 0.2) is 28.7 Å². The zero-order valence-corrected chi connectivity index (χ0v) is 13.9. The summed E-state index contributed by atoms with van der Waals surface area (Å²) < 4.78 is 6.62. The normalized spacial score (nSPS) is 20.7. The smallest absolute Gasteiger partial charge is 0.315 e. The Labute approximate surface area is 129 Å². The zero-order chi connectivity index (χ0) is 14.8. The van der Waals surface area contributed by atoms with Crippen molar-refractivity contribution in [2.45, 2.75) is 51.2 Å². The molecular formula is C16H22BrNO2. The number of rotatable bonds is 3. The Kier molecular flexibility index (Phi) is 4.86. The van der Waals surface area contributed by atoms with Crippen LogP contribution < -0.4 is 5.32 Å². The molecule has 1 aromatic carbocycles. The van der Waals surface area contributed by atoms with Crippen LogP contribution in [0.2, 0.25) is 0 Å². The average molecular weight is 340 g/mol. The van der Waals surface area contributed by atoms with E-state index in [9.17, 15) is 4.79 Å². The average Bonchev–Trinajstić information content (AvgIpc) is 2.83. The Morgan fingerprint density at radius 1 is 1.35 bits per heavy atom. The molecule has 0 aliphatic carbocycles. The molecule has 2 atom stereocenters. The van der Waals surface area contributed by atoms with Crippen LogP contribution in [0.5, 0.6) is 0 Å². The predicted molar refractivity (Wildman–Crippen MR) is 83.8 cm³/mol. The second kappa shape index (κ2) is 6.27. The van der Waals surface area contributed by atoms with E-state index in [4.69, 9.17) is 4.74 Å². The number of nitrogens with one attached hydrogen (secondary N) is 1. The maximum Gasteiger partial charge on any atom is 0.315 e. The first kappa shape index (κ1) is 15.5. The second-order valence-corrected chi connectivity index (χ2v) is 7.18. The molecule has 1 heterocycles. The van der Waals surface area contributed by atoms with Crippen molar-refractivity contribution in [3.05, 3.63) is 34.3 Å². The number of hydrogen-bond acceptors (Lipinski definition) is 3. The highest BCUT2D eigenvalue weighted by molar-refractivity contribution is 9.10. The summed E-state index contributed by atoms with van der Waals surface area (Å²) in [5, 5.41) is 3.42. The maximum atomic E-state index is 12.6. The lowest BCUT2D eigenvalue weighted by Crippen LogP contribution is -2.37. The molecule has 4 heteroatoms. The third kappa shape index (κ3) is 4.06. The molecule has 1 fully saturated rings. The standard InChI is InChI=1S/C16H22BrNO2/c1-16(2,3)20-15(19)14(13-5-4-10-18-13)11-6-8-12(17)9-7-11/h6-9,13-14,18H,4-5,10H2,1-3H3/t13-,14+/m0/s1. The highest BCUT2D eigenvalue weighted by Crippen LogP contribution is 2.29. The number of benzene rings is 1. The van der Waals surface area contributed by atoms with Crippen molar-refractivity contribution in [1.82, 2.24) is 5.32 Å². The molecule has 1 aromatic rings. The monoisotopic (exact) mass is 339 g/mol. The van der Waals surface area contributed by atoms with Gasteiger partial charge in [-0.25, -0.2) is 0 Å². The van der Waals surface area contributed by atoms with Gasteiger partial charge in [-0.05, 0) is 57.9 Å². The third-order valence-electron chi connectivity index (χ3n) is 3.39. The van der Waals surface area contributed by atoms with Gasteiger partial charge in [0.15, 0.2) is 0 Å². The summed E-state index contributed by atoms with van der Waals surface area (Å²) in [4.78, 5) is 12.6. The molecule has 0 bridgehead atoms. The van der Waals surface area contributed by atoms with Gasteiger partial charge in [-0.2, -0.15) is 0 Å². The summed E-state index contributed by atoms with van der Waals surface area (Å²) >= 11 is 3.43. The van der Waals surface area contributed by atoms with Gasteiger partial charge in [0.25, 0.3) is 0 Å². The first-order valence-corrected chi connectivity index (χ1v) is 7.88.